The Kier molecular flexibility index (Phi) is 6.87. The number of nitrogens with zero attached hydrogens (tertiary/aromatic N) is 6. The van der Waals surface area contributed by atoms with Crippen molar-refractivity contribution in [2.45, 2.75) is 84.7 Å². The van der Waals surface area contributed by atoms with E-state index in [1.54, 1.807) is 0 Å². The molecule has 3 atom stereocenters. The first-order chi connectivity index (χ1) is 19.6. The number of H-pyrrole nitrogens is 1. The van der Waals surface area contributed by atoms with Crippen LogP contribution in [0.25, 0.3) is 28.1 Å². The predicted octanol–water partition coefficient (Wildman–Crippen LogP) is 5.95. The average Bonchev–Trinajstić information content (AvgIpc) is 3.65. The van der Waals surface area contributed by atoms with Crippen LogP contribution in [0.4, 0.5) is 0 Å². The number of aromatic nitrogens is 7. The molecule has 0 aromatic carbocycles. The highest BCUT2D eigenvalue weighted by molar-refractivity contribution is 5.92. The highest BCUT2D eigenvalue weighted by Gasteiger charge is 2.34. The topological polar surface area (TPSA) is 127 Å². The minimum atomic E-state index is -0.307. The molecule has 10 heteroatoms. The summed E-state index contributed by atoms with van der Waals surface area (Å²) in [7, 11) is 0. The van der Waals surface area contributed by atoms with Crippen LogP contribution < -0.4 is 5.32 Å². The third-order valence-electron chi connectivity index (χ3n) is 8.25. The number of carbonyl (C=O) groups is 1. The van der Waals surface area contributed by atoms with Crippen molar-refractivity contribution in [2.75, 3.05) is 0 Å². The minimum Gasteiger partial charge on any atom is -0.344 e. The van der Waals surface area contributed by atoms with E-state index in [9.17, 15) is 4.79 Å². The highest BCUT2D eigenvalue weighted by atomic mass is 16.5. The van der Waals surface area contributed by atoms with E-state index in [0.29, 0.717) is 17.4 Å². The molecule has 1 fully saturated rings. The van der Waals surface area contributed by atoms with Crippen LogP contribution in [0.2, 0.25) is 0 Å². The number of hydrogen-bond donors (Lipinski definition) is 2. The lowest BCUT2D eigenvalue weighted by Gasteiger charge is -2.31. The molecule has 10 nitrogen and oxygen atoms in total. The first kappa shape index (κ1) is 27.1. The van der Waals surface area contributed by atoms with Crippen molar-refractivity contribution in [1.29, 1.82) is 0 Å². The number of fused-ring (bicyclic) bond motifs is 2. The van der Waals surface area contributed by atoms with Crippen LogP contribution in [0, 0.1) is 18.8 Å². The summed E-state index contributed by atoms with van der Waals surface area (Å²) in [5.41, 5.74) is 5.58. The number of rotatable bonds is 5. The largest absolute Gasteiger partial charge is 0.344 e. The second-order valence-corrected chi connectivity index (χ2v) is 12.6. The maximum atomic E-state index is 13.1. The number of nitrogens with one attached hydrogen (secondary N) is 2. The number of pyridine rings is 1. The van der Waals surface area contributed by atoms with E-state index in [0.717, 1.165) is 59.4 Å². The van der Waals surface area contributed by atoms with Crippen molar-refractivity contribution < 1.29 is 9.32 Å². The fourth-order valence-corrected chi connectivity index (χ4v) is 6.05. The van der Waals surface area contributed by atoms with E-state index in [2.05, 4.69) is 69.5 Å². The highest BCUT2D eigenvalue weighted by Crippen LogP contribution is 2.39. The van der Waals surface area contributed by atoms with Gasteiger partial charge in [-0.15, -0.1) is 0 Å². The molecule has 4 aromatic rings. The van der Waals surface area contributed by atoms with Crippen LogP contribution in [-0.2, 0) is 5.41 Å². The van der Waals surface area contributed by atoms with Gasteiger partial charge in [0, 0.05) is 40.9 Å². The Bertz CT molecular complexity index is 1650. The van der Waals surface area contributed by atoms with Crippen LogP contribution in [0.1, 0.15) is 94.1 Å². The van der Waals surface area contributed by atoms with E-state index >= 15 is 0 Å². The predicted molar refractivity (Wildman–Crippen MR) is 157 cm³/mol. The molecule has 0 radical (unpaired) electrons. The van der Waals surface area contributed by atoms with Gasteiger partial charge in [-0.25, -0.2) is 9.97 Å². The van der Waals surface area contributed by atoms with Crippen LogP contribution in [0.3, 0.4) is 0 Å². The Morgan fingerprint density at radius 2 is 1.98 bits per heavy atom. The van der Waals surface area contributed by atoms with Crippen LogP contribution in [0.5, 0.6) is 0 Å². The van der Waals surface area contributed by atoms with E-state index in [1.807, 2.05) is 43.9 Å². The van der Waals surface area contributed by atoms with E-state index in [4.69, 9.17) is 9.51 Å². The van der Waals surface area contributed by atoms with Gasteiger partial charge in [0.1, 0.15) is 5.82 Å². The SMILES string of the molecule is Cc1c(-c2nc3nccc(C4=CC5CCCC[C@H](NC(=O)c6nc(C(C)(C)C)no6)C5C=C4)c3[nH]2)cnn1C(C)C. The third-order valence-corrected chi connectivity index (χ3v) is 8.25. The zero-order valence-corrected chi connectivity index (χ0v) is 24.6. The van der Waals surface area contributed by atoms with Crippen molar-refractivity contribution in [1.82, 2.24) is 40.2 Å². The van der Waals surface area contributed by atoms with Crippen LogP contribution in [0.15, 0.2) is 41.2 Å². The molecule has 0 bridgehead atoms. The summed E-state index contributed by atoms with van der Waals surface area (Å²) < 4.78 is 7.31. The van der Waals surface area contributed by atoms with E-state index in [1.165, 1.54) is 0 Å². The molecule has 0 aliphatic heterocycles. The summed E-state index contributed by atoms with van der Waals surface area (Å²) in [5.74, 6) is 1.51. The lowest BCUT2D eigenvalue weighted by atomic mass is 9.79. The van der Waals surface area contributed by atoms with Gasteiger partial charge in [0.25, 0.3) is 0 Å². The molecule has 41 heavy (non-hydrogen) atoms. The molecule has 2 N–H and O–H groups in total. The molecule has 4 heterocycles. The minimum absolute atomic E-state index is 0.00859. The normalized spacial score (nSPS) is 21.1. The monoisotopic (exact) mass is 554 g/mol. The average molecular weight is 555 g/mol. The Hall–Kier alpha value is -4.08. The molecular formula is C31H38N8O2. The van der Waals surface area contributed by atoms with Crippen molar-refractivity contribution in [3.8, 4) is 11.4 Å². The van der Waals surface area contributed by atoms with Crippen LogP contribution >= 0.6 is 0 Å². The van der Waals surface area contributed by atoms with E-state index < -0.39 is 0 Å². The van der Waals surface area contributed by atoms with Crippen molar-refractivity contribution in [3.63, 3.8) is 0 Å². The number of hydrogen-bond acceptors (Lipinski definition) is 7. The smallest absolute Gasteiger partial charge is 0.315 e. The van der Waals surface area contributed by atoms with Gasteiger partial charge in [0.2, 0.25) is 0 Å². The number of carbonyl (C=O) groups excluding carboxylic acids is 1. The second kappa shape index (κ2) is 10.4. The summed E-state index contributed by atoms with van der Waals surface area (Å²) in [6.07, 6.45) is 14.6. The molecule has 1 amide bonds. The first-order valence-corrected chi connectivity index (χ1v) is 14.5. The summed E-state index contributed by atoms with van der Waals surface area (Å²) in [5, 5.41) is 11.8. The number of allylic oxidation sites excluding steroid dienone is 3. The summed E-state index contributed by atoms with van der Waals surface area (Å²) >= 11 is 0. The van der Waals surface area contributed by atoms with Gasteiger partial charge in [-0.2, -0.15) is 10.1 Å². The first-order valence-electron chi connectivity index (χ1n) is 14.5. The zero-order valence-electron chi connectivity index (χ0n) is 24.6. The molecular weight excluding hydrogens is 516 g/mol. The van der Waals surface area contributed by atoms with Crippen LogP contribution in [-0.4, -0.2) is 46.8 Å². The van der Waals surface area contributed by atoms with Gasteiger partial charge in [0.15, 0.2) is 11.5 Å². The maximum Gasteiger partial charge on any atom is 0.315 e. The Balaban J connectivity index is 1.26. The molecule has 2 unspecified atom stereocenters. The number of amides is 1. The lowest BCUT2D eigenvalue weighted by molar-refractivity contribution is 0.0877. The van der Waals surface area contributed by atoms with Gasteiger partial charge in [0.05, 0.1) is 17.3 Å². The van der Waals surface area contributed by atoms with E-state index in [-0.39, 0.29) is 35.2 Å². The molecule has 0 spiro atoms. The fourth-order valence-electron chi connectivity index (χ4n) is 6.05. The molecule has 4 aromatic heterocycles. The summed E-state index contributed by atoms with van der Waals surface area (Å²) in [4.78, 5) is 30.3. The van der Waals surface area contributed by atoms with Crippen molar-refractivity contribution >= 4 is 22.6 Å². The third kappa shape index (κ3) is 5.11. The maximum absolute atomic E-state index is 13.1. The standard InChI is InChI=1S/C31H38N8O2/c1-17(2)39-18(3)23(16-33-39)26-35-25-22(13-14-32-27(25)36-26)20-11-12-21-19(15-20)9-7-8-10-24(21)34-28(40)29-37-30(38-41-29)31(4,5)6/h11-17,19,21,24H,7-10H2,1-6H3,(H,34,40)(H,32,35,36)/t19?,21?,24-/m0/s1. The quantitative estimate of drug-likeness (QED) is 0.312. The Labute approximate surface area is 239 Å². The molecule has 6 rings (SSSR count). The van der Waals surface area contributed by atoms with Gasteiger partial charge < -0.3 is 14.8 Å². The molecule has 0 saturated heterocycles. The van der Waals surface area contributed by atoms with Gasteiger partial charge in [-0.05, 0) is 51.2 Å². The molecule has 214 valence electrons. The zero-order chi connectivity index (χ0) is 28.9. The fraction of sp³-hybridized carbons (Fsp3) is 0.484. The molecule has 1 saturated carbocycles. The summed E-state index contributed by atoms with van der Waals surface area (Å²) in [6.45, 7) is 12.3. The summed E-state index contributed by atoms with van der Waals surface area (Å²) in [6, 6.07) is 2.31. The Morgan fingerprint density at radius 1 is 1.17 bits per heavy atom. The Morgan fingerprint density at radius 3 is 2.71 bits per heavy atom. The van der Waals surface area contributed by atoms with Crippen molar-refractivity contribution in [2.24, 2.45) is 11.8 Å². The molecule has 2 aliphatic rings. The number of aromatic amines is 1. The van der Waals surface area contributed by atoms with Gasteiger partial charge in [-0.1, -0.05) is 57.0 Å². The lowest BCUT2D eigenvalue weighted by Crippen LogP contribution is -2.42. The molecule has 2 aliphatic carbocycles. The van der Waals surface area contributed by atoms with Crippen molar-refractivity contribution in [3.05, 3.63) is 59.7 Å². The van der Waals surface area contributed by atoms with Gasteiger partial charge >= 0.3 is 11.8 Å². The number of imidazole rings is 1. The van der Waals surface area contributed by atoms with Gasteiger partial charge in [-0.3, -0.25) is 9.48 Å². The second-order valence-electron chi connectivity index (χ2n) is 12.6.